The van der Waals surface area contributed by atoms with Crippen LogP contribution < -0.4 is 5.63 Å². The number of ether oxygens (including phenoxy) is 1. The maximum absolute atomic E-state index is 12.2. The van der Waals surface area contributed by atoms with Crippen molar-refractivity contribution < 1.29 is 13.9 Å². The van der Waals surface area contributed by atoms with Gasteiger partial charge in [0.25, 0.3) is 0 Å². The maximum Gasteiger partial charge on any atom is 0.351 e. The topological polar surface area (TPSA) is 56.5 Å². The van der Waals surface area contributed by atoms with E-state index in [1.54, 1.807) is 13.0 Å². The summed E-state index contributed by atoms with van der Waals surface area (Å²) in [6, 6.07) is 5.63. The molecule has 0 aliphatic heterocycles. The molecule has 0 N–H and O–H groups in total. The molecule has 4 nitrogen and oxygen atoms in total. The first kappa shape index (κ1) is 18.2. The normalized spacial score (nSPS) is 12.5. The third kappa shape index (κ3) is 3.53. The molecule has 0 spiro atoms. The van der Waals surface area contributed by atoms with Crippen LogP contribution in [0, 0.1) is 0 Å². The molecule has 0 bridgehead atoms. The summed E-state index contributed by atoms with van der Waals surface area (Å²) in [5.74, 6) is -0.645. The van der Waals surface area contributed by atoms with Gasteiger partial charge in [0.05, 0.1) is 6.61 Å². The average Bonchev–Trinajstić information content (AvgIpc) is 2.43. The summed E-state index contributed by atoms with van der Waals surface area (Å²) in [6.45, 7) is 14.6. The fraction of sp³-hybridized carbons (Fsp3) is 0.500. The Morgan fingerprint density at radius 3 is 2.17 bits per heavy atom. The van der Waals surface area contributed by atoms with Crippen LogP contribution in [0.15, 0.2) is 27.4 Å². The molecule has 24 heavy (non-hydrogen) atoms. The van der Waals surface area contributed by atoms with Crippen LogP contribution in [-0.4, -0.2) is 12.6 Å². The molecule has 1 heterocycles. The number of carbonyl (C=O) groups excluding carboxylic acids is 1. The monoisotopic (exact) mass is 330 g/mol. The standard InChI is InChI=1S/C20H26O4/c1-8-23-17(21)14-11-13-15(20(5,6)7)9-12(19(2,3)4)10-16(13)24-18(14)22/h9-11H,8H2,1-7H3. The highest BCUT2D eigenvalue weighted by Gasteiger charge is 2.25. The second-order valence-electron chi connectivity index (χ2n) is 8.10. The molecule has 0 unspecified atom stereocenters. The predicted molar refractivity (Wildman–Crippen MR) is 95.8 cm³/mol. The third-order valence-corrected chi connectivity index (χ3v) is 4.02. The highest BCUT2D eigenvalue weighted by Crippen LogP contribution is 2.35. The van der Waals surface area contributed by atoms with Crippen LogP contribution in [0.1, 0.15) is 70.0 Å². The van der Waals surface area contributed by atoms with E-state index in [2.05, 4.69) is 47.6 Å². The Kier molecular flexibility index (Phi) is 4.62. The predicted octanol–water partition coefficient (Wildman–Crippen LogP) is 4.56. The minimum Gasteiger partial charge on any atom is -0.462 e. The minimum absolute atomic E-state index is 0.0571. The maximum atomic E-state index is 12.2. The number of carbonyl (C=O) groups is 1. The van der Waals surface area contributed by atoms with Gasteiger partial charge in [-0.1, -0.05) is 47.6 Å². The molecular formula is C20H26O4. The van der Waals surface area contributed by atoms with Gasteiger partial charge in [-0.25, -0.2) is 9.59 Å². The molecule has 2 aromatic rings. The smallest absolute Gasteiger partial charge is 0.351 e. The van der Waals surface area contributed by atoms with E-state index in [-0.39, 0.29) is 23.0 Å². The van der Waals surface area contributed by atoms with Crippen LogP contribution >= 0.6 is 0 Å². The lowest BCUT2D eigenvalue weighted by Gasteiger charge is -2.26. The molecule has 0 aliphatic rings. The lowest BCUT2D eigenvalue weighted by atomic mass is 9.79. The van der Waals surface area contributed by atoms with Crippen LogP contribution in [-0.2, 0) is 15.6 Å². The lowest BCUT2D eigenvalue weighted by Crippen LogP contribution is -2.20. The van der Waals surface area contributed by atoms with Crippen LogP contribution in [0.3, 0.4) is 0 Å². The Morgan fingerprint density at radius 2 is 1.67 bits per heavy atom. The van der Waals surface area contributed by atoms with E-state index in [0.29, 0.717) is 5.58 Å². The van der Waals surface area contributed by atoms with Crippen molar-refractivity contribution in [2.45, 2.75) is 59.3 Å². The minimum atomic E-state index is -0.660. The molecule has 0 fully saturated rings. The zero-order valence-corrected chi connectivity index (χ0v) is 15.6. The van der Waals surface area contributed by atoms with Gasteiger partial charge in [-0.05, 0) is 41.0 Å². The fourth-order valence-electron chi connectivity index (χ4n) is 2.62. The molecular weight excluding hydrogens is 304 g/mol. The van der Waals surface area contributed by atoms with Crippen molar-refractivity contribution in [2.75, 3.05) is 6.61 Å². The van der Waals surface area contributed by atoms with Crippen molar-refractivity contribution in [3.8, 4) is 0 Å². The molecule has 0 aliphatic carbocycles. The Morgan fingerprint density at radius 1 is 1.04 bits per heavy atom. The molecule has 0 atom stereocenters. The van der Waals surface area contributed by atoms with Crippen molar-refractivity contribution in [1.29, 1.82) is 0 Å². The van der Waals surface area contributed by atoms with Crippen molar-refractivity contribution in [3.05, 3.63) is 45.3 Å². The summed E-state index contributed by atoms with van der Waals surface area (Å²) >= 11 is 0. The lowest BCUT2D eigenvalue weighted by molar-refractivity contribution is 0.0521. The zero-order valence-electron chi connectivity index (χ0n) is 15.6. The number of fused-ring (bicyclic) bond motifs is 1. The summed E-state index contributed by atoms with van der Waals surface area (Å²) in [6.07, 6.45) is 0. The Balaban J connectivity index is 2.85. The number of hydrogen-bond acceptors (Lipinski definition) is 4. The van der Waals surface area contributed by atoms with E-state index >= 15 is 0 Å². The molecule has 130 valence electrons. The first-order chi connectivity index (χ1) is 10.9. The van der Waals surface area contributed by atoms with Gasteiger partial charge in [0, 0.05) is 5.39 Å². The van der Waals surface area contributed by atoms with Gasteiger partial charge < -0.3 is 9.15 Å². The van der Waals surface area contributed by atoms with Gasteiger partial charge in [0.2, 0.25) is 0 Å². The van der Waals surface area contributed by atoms with Gasteiger partial charge >= 0.3 is 11.6 Å². The van der Waals surface area contributed by atoms with Crippen LogP contribution in [0.25, 0.3) is 11.0 Å². The molecule has 0 saturated carbocycles. The van der Waals surface area contributed by atoms with Gasteiger partial charge in [-0.3, -0.25) is 0 Å². The Hall–Kier alpha value is -2.10. The van der Waals surface area contributed by atoms with E-state index < -0.39 is 11.6 Å². The molecule has 0 saturated heterocycles. The molecule has 2 rings (SSSR count). The van der Waals surface area contributed by atoms with E-state index in [0.717, 1.165) is 16.5 Å². The number of benzene rings is 1. The van der Waals surface area contributed by atoms with Crippen LogP contribution in [0.4, 0.5) is 0 Å². The van der Waals surface area contributed by atoms with Gasteiger partial charge in [-0.2, -0.15) is 0 Å². The second kappa shape index (κ2) is 6.08. The van der Waals surface area contributed by atoms with Crippen molar-refractivity contribution in [1.82, 2.24) is 0 Å². The first-order valence-electron chi connectivity index (χ1n) is 8.25. The fourth-order valence-corrected chi connectivity index (χ4v) is 2.62. The Bertz CT molecular complexity index is 830. The summed E-state index contributed by atoms with van der Waals surface area (Å²) in [5.41, 5.74) is 1.68. The summed E-state index contributed by atoms with van der Waals surface area (Å²) in [4.78, 5) is 24.2. The van der Waals surface area contributed by atoms with Crippen molar-refractivity contribution >= 4 is 16.9 Å². The quantitative estimate of drug-likeness (QED) is 0.598. The zero-order chi connectivity index (χ0) is 18.3. The molecule has 1 aromatic carbocycles. The second-order valence-corrected chi connectivity index (χ2v) is 8.10. The number of esters is 1. The van der Waals surface area contributed by atoms with Crippen molar-refractivity contribution in [2.24, 2.45) is 0 Å². The van der Waals surface area contributed by atoms with E-state index in [4.69, 9.17) is 9.15 Å². The van der Waals surface area contributed by atoms with E-state index in [1.807, 2.05) is 6.07 Å². The highest BCUT2D eigenvalue weighted by atomic mass is 16.5. The number of hydrogen-bond donors (Lipinski definition) is 0. The van der Waals surface area contributed by atoms with Gasteiger partial charge in [0.1, 0.15) is 11.1 Å². The largest absolute Gasteiger partial charge is 0.462 e. The molecule has 1 aromatic heterocycles. The molecule has 0 amide bonds. The van der Waals surface area contributed by atoms with Crippen molar-refractivity contribution in [3.63, 3.8) is 0 Å². The molecule has 4 heteroatoms. The summed E-state index contributed by atoms with van der Waals surface area (Å²) < 4.78 is 10.4. The van der Waals surface area contributed by atoms with Gasteiger partial charge in [0.15, 0.2) is 0 Å². The SMILES string of the molecule is CCOC(=O)c1cc2c(C(C)(C)C)cc(C(C)(C)C)cc2oc1=O. The van der Waals surface area contributed by atoms with Crippen LogP contribution in [0.2, 0.25) is 0 Å². The van der Waals surface area contributed by atoms with Crippen LogP contribution in [0.5, 0.6) is 0 Å². The van der Waals surface area contributed by atoms with E-state index in [1.165, 1.54) is 0 Å². The summed E-state index contributed by atoms with van der Waals surface area (Å²) in [7, 11) is 0. The highest BCUT2D eigenvalue weighted by molar-refractivity contribution is 5.94. The van der Waals surface area contributed by atoms with E-state index in [9.17, 15) is 9.59 Å². The first-order valence-corrected chi connectivity index (χ1v) is 8.25. The third-order valence-electron chi connectivity index (χ3n) is 4.02. The average molecular weight is 330 g/mol. The Labute approximate surface area is 142 Å². The summed E-state index contributed by atoms with van der Waals surface area (Å²) in [5, 5.41) is 0.776. The number of rotatable bonds is 2. The van der Waals surface area contributed by atoms with Gasteiger partial charge in [-0.15, -0.1) is 0 Å². The molecule has 0 radical (unpaired) electrons.